The van der Waals surface area contributed by atoms with Crippen LogP contribution in [0, 0.1) is 5.92 Å². The first-order valence-electron chi connectivity index (χ1n) is 5.90. The van der Waals surface area contributed by atoms with Crippen LogP contribution in [0.25, 0.3) is 0 Å². The number of aliphatic imine (C=N–C) groups is 1. The number of hydrogen-bond donors (Lipinski definition) is 0. The summed E-state index contributed by atoms with van der Waals surface area (Å²) in [5, 5.41) is 0. The highest BCUT2D eigenvalue weighted by Crippen LogP contribution is 1.98. The van der Waals surface area contributed by atoms with Gasteiger partial charge in [-0.15, -0.1) is 0 Å². The average Bonchev–Trinajstić information content (AvgIpc) is 2.25. The molecule has 0 aromatic heterocycles. The Balaban J connectivity index is 0. The van der Waals surface area contributed by atoms with Crippen LogP contribution in [0.4, 0.5) is 0 Å². The smallest absolute Gasteiger partial charge is 0.0468 e. The Morgan fingerprint density at radius 3 is 2.31 bits per heavy atom. The molecule has 0 rings (SSSR count). The van der Waals surface area contributed by atoms with E-state index in [-0.39, 0.29) is 0 Å². The molecule has 0 fully saturated rings. The van der Waals surface area contributed by atoms with Crippen LogP contribution in [-0.4, -0.2) is 26.5 Å². The lowest BCUT2D eigenvalue weighted by Crippen LogP contribution is -1.99. The first-order valence-corrected chi connectivity index (χ1v) is 6.69. The highest BCUT2D eigenvalue weighted by atomic mass is 79.9. The molecule has 16 heavy (non-hydrogen) atoms. The van der Waals surface area contributed by atoms with E-state index in [0.29, 0.717) is 0 Å². The van der Waals surface area contributed by atoms with E-state index >= 15 is 0 Å². The third-order valence-electron chi connectivity index (χ3n) is 1.72. The van der Waals surface area contributed by atoms with Crippen LogP contribution in [0.3, 0.4) is 0 Å². The molecule has 0 saturated heterocycles. The fourth-order valence-electron chi connectivity index (χ4n) is 0.763. The zero-order chi connectivity index (χ0) is 12.8. The molecule has 0 aliphatic heterocycles. The molecule has 0 aromatic rings. The number of allylic oxidation sites excluding steroid dienone is 2. The van der Waals surface area contributed by atoms with E-state index in [4.69, 9.17) is 4.74 Å². The maximum absolute atomic E-state index is 5.29. The summed E-state index contributed by atoms with van der Waals surface area (Å²) >= 11 is 3.25. The van der Waals surface area contributed by atoms with Crippen LogP contribution in [0.5, 0.6) is 0 Å². The monoisotopic (exact) mass is 291 g/mol. The molecule has 0 N–H and O–H groups in total. The number of halogens is 1. The van der Waals surface area contributed by atoms with Gasteiger partial charge in [0, 0.05) is 31.0 Å². The fourth-order valence-corrected chi connectivity index (χ4v) is 0.968. The van der Waals surface area contributed by atoms with Crippen molar-refractivity contribution in [3.8, 4) is 0 Å². The van der Waals surface area contributed by atoms with Crippen LogP contribution in [-0.2, 0) is 4.74 Å². The van der Waals surface area contributed by atoms with Crippen molar-refractivity contribution in [2.45, 2.75) is 40.5 Å². The van der Waals surface area contributed by atoms with Gasteiger partial charge < -0.3 is 4.74 Å². The quantitative estimate of drug-likeness (QED) is 0.523. The van der Waals surface area contributed by atoms with Crippen molar-refractivity contribution in [1.82, 2.24) is 0 Å². The van der Waals surface area contributed by atoms with Gasteiger partial charge in [-0.3, -0.25) is 4.99 Å². The van der Waals surface area contributed by atoms with Crippen molar-refractivity contribution in [3.63, 3.8) is 0 Å². The van der Waals surface area contributed by atoms with E-state index in [1.807, 2.05) is 13.0 Å². The number of nitrogens with zero attached hydrogens (tertiary/aromatic N) is 1. The molecule has 0 aliphatic rings. The van der Waals surface area contributed by atoms with E-state index in [0.717, 1.165) is 30.0 Å². The summed E-state index contributed by atoms with van der Waals surface area (Å²) in [7, 11) is 1.74. The SMILES string of the molecule is C/C=C(/Br)C=NC.CCCOCCC(C)C. The molecule has 0 aliphatic carbocycles. The highest BCUT2D eigenvalue weighted by Gasteiger charge is 1.91. The lowest BCUT2D eigenvalue weighted by Gasteiger charge is -2.03. The predicted molar refractivity (Wildman–Crippen MR) is 77.7 cm³/mol. The molecule has 0 amide bonds. The van der Waals surface area contributed by atoms with Gasteiger partial charge in [0.05, 0.1) is 0 Å². The van der Waals surface area contributed by atoms with Crippen LogP contribution >= 0.6 is 15.9 Å². The molecule has 0 unspecified atom stereocenters. The summed E-state index contributed by atoms with van der Waals surface area (Å²) in [6, 6.07) is 0. The maximum Gasteiger partial charge on any atom is 0.0468 e. The zero-order valence-corrected chi connectivity index (χ0v) is 12.9. The minimum atomic E-state index is 0.779. The van der Waals surface area contributed by atoms with E-state index in [1.54, 1.807) is 13.3 Å². The van der Waals surface area contributed by atoms with Gasteiger partial charge in [-0.05, 0) is 41.6 Å². The molecule has 0 radical (unpaired) electrons. The molecule has 0 heterocycles. The van der Waals surface area contributed by atoms with Gasteiger partial charge in [-0.1, -0.05) is 26.8 Å². The van der Waals surface area contributed by atoms with Gasteiger partial charge in [-0.2, -0.15) is 0 Å². The minimum Gasteiger partial charge on any atom is -0.381 e. The molecule has 0 aromatic carbocycles. The van der Waals surface area contributed by atoms with Gasteiger partial charge >= 0.3 is 0 Å². The Hall–Kier alpha value is -0.150. The summed E-state index contributed by atoms with van der Waals surface area (Å²) in [5.74, 6) is 0.779. The molecule has 96 valence electrons. The number of hydrogen-bond acceptors (Lipinski definition) is 2. The molecular weight excluding hydrogens is 266 g/mol. The molecule has 0 atom stereocenters. The first kappa shape index (κ1) is 18.2. The van der Waals surface area contributed by atoms with E-state index in [1.165, 1.54) is 6.42 Å². The zero-order valence-electron chi connectivity index (χ0n) is 11.3. The summed E-state index contributed by atoms with van der Waals surface area (Å²) in [5.41, 5.74) is 0. The largest absolute Gasteiger partial charge is 0.381 e. The summed E-state index contributed by atoms with van der Waals surface area (Å²) in [4.78, 5) is 3.77. The Labute approximate surface area is 109 Å². The Bertz CT molecular complexity index is 188. The van der Waals surface area contributed by atoms with Crippen molar-refractivity contribution in [3.05, 3.63) is 10.6 Å². The second-order valence-corrected chi connectivity index (χ2v) is 4.77. The molecule has 0 bridgehead atoms. The molecular formula is C13H26BrNO. The standard InChI is InChI=1S/C8H18O.C5H8BrN/c1-4-6-9-7-5-8(2)3;1-3-5(6)4-7-2/h8H,4-7H2,1-3H3;3-4H,1-2H3/b;5-3+,7-4?. The van der Waals surface area contributed by atoms with Gasteiger partial charge in [0.15, 0.2) is 0 Å². The third kappa shape index (κ3) is 19.4. The van der Waals surface area contributed by atoms with Crippen LogP contribution < -0.4 is 0 Å². The Morgan fingerprint density at radius 1 is 1.38 bits per heavy atom. The molecule has 0 saturated carbocycles. The topological polar surface area (TPSA) is 21.6 Å². The lowest BCUT2D eigenvalue weighted by atomic mass is 10.1. The van der Waals surface area contributed by atoms with Crippen molar-refractivity contribution < 1.29 is 4.74 Å². The van der Waals surface area contributed by atoms with Crippen molar-refractivity contribution in [1.29, 1.82) is 0 Å². The van der Waals surface area contributed by atoms with Crippen LogP contribution in [0.15, 0.2) is 15.6 Å². The molecule has 3 heteroatoms. The van der Waals surface area contributed by atoms with Crippen LogP contribution in [0.1, 0.15) is 40.5 Å². The van der Waals surface area contributed by atoms with Gasteiger partial charge in [-0.25, -0.2) is 0 Å². The second-order valence-electron chi connectivity index (χ2n) is 3.86. The average molecular weight is 292 g/mol. The number of rotatable bonds is 6. The summed E-state index contributed by atoms with van der Waals surface area (Å²) in [6.45, 7) is 10.4. The van der Waals surface area contributed by atoms with Crippen molar-refractivity contribution in [2.75, 3.05) is 20.3 Å². The predicted octanol–water partition coefficient (Wildman–Crippen LogP) is 4.44. The summed E-state index contributed by atoms with van der Waals surface area (Å²) in [6.07, 6.45) is 6.02. The third-order valence-corrected chi connectivity index (χ3v) is 2.38. The minimum absolute atomic E-state index is 0.779. The van der Waals surface area contributed by atoms with Crippen molar-refractivity contribution in [2.24, 2.45) is 10.9 Å². The Morgan fingerprint density at radius 2 is 2.00 bits per heavy atom. The van der Waals surface area contributed by atoms with Gasteiger partial charge in [0.2, 0.25) is 0 Å². The van der Waals surface area contributed by atoms with Gasteiger partial charge in [0.25, 0.3) is 0 Å². The van der Waals surface area contributed by atoms with E-state index < -0.39 is 0 Å². The Kier molecular flexibility index (Phi) is 16.9. The van der Waals surface area contributed by atoms with Crippen molar-refractivity contribution >= 4 is 22.1 Å². The second kappa shape index (κ2) is 14.8. The normalized spacial score (nSPS) is 11.8. The van der Waals surface area contributed by atoms with Gasteiger partial charge in [0.1, 0.15) is 0 Å². The maximum atomic E-state index is 5.29. The van der Waals surface area contributed by atoms with E-state index in [2.05, 4.69) is 41.7 Å². The number of ether oxygens (including phenoxy) is 1. The van der Waals surface area contributed by atoms with Crippen LogP contribution in [0.2, 0.25) is 0 Å². The van der Waals surface area contributed by atoms with E-state index in [9.17, 15) is 0 Å². The lowest BCUT2D eigenvalue weighted by molar-refractivity contribution is 0.124. The fraction of sp³-hybridized carbons (Fsp3) is 0.769. The highest BCUT2D eigenvalue weighted by molar-refractivity contribution is 9.12. The molecule has 0 spiro atoms. The first-order chi connectivity index (χ1) is 7.58. The molecule has 2 nitrogen and oxygen atoms in total. The summed E-state index contributed by atoms with van der Waals surface area (Å²) < 4.78 is 6.32.